The summed E-state index contributed by atoms with van der Waals surface area (Å²) in [6.45, 7) is -3.15. The second-order valence-electron chi connectivity index (χ2n) is 10.5. The maximum Gasteiger partial charge on any atom is 0.387 e. The van der Waals surface area contributed by atoms with Crippen molar-refractivity contribution in [1.82, 2.24) is 29.5 Å². The van der Waals surface area contributed by atoms with Gasteiger partial charge in [0.1, 0.15) is 24.2 Å². The summed E-state index contributed by atoms with van der Waals surface area (Å²) in [6, 6.07) is 5.09. The van der Waals surface area contributed by atoms with Crippen LogP contribution in [0.3, 0.4) is 0 Å². The van der Waals surface area contributed by atoms with Crippen LogP contribution in [-0.2, 0) is 5.54 Å². The summed E-state index contributed by atoms with van der Waals surface area (Å²) in [7, 11) is 1.28. The maximum absolute atomic E-state index is 13.4. The number of fused-ring (bicyclic) bond motifs is 3. The van der Waals surface area contributed by atoms with Crippen molar-refractivity contribution in [2.24, 2.45) is 5.73 Å². The summed E-state index contributed by atoms with van der Waals surface area (Å²) in [5, 5.41) is 34.5. The van der Waals surface area contributed by atoms with Gasteiger partial charge in [0.2, 0.25) is 0 Å². The normalized spacial score (nSPS) is 19.9. The van der Waals surface area contributed by atoms with E-state index in [9.17, 15) is 28.9 Å². The van der Waals surface area contributed by atoms with Crippen molar-refractivity contribution < 1.29 is 33.6 Å². The molecule has 0 aliphatic heterocycles. The van der Waals surface area contributed by atoms with Crippen molar-refractivity contribution >= 4 is 11.8 Å². The molecular weight excluding hydrogens is 540 g/mol. The lowest BCUT2D eigenvalue weighted by molar-refractivity contribution is -0.396. The number of ether oxygens (including phenoxy) is 1. The minimum Gasteiger partial charge on any atom is -0.434 e. The minimum atomic E-state index is -3.21. The molecule has 2 atom stereocenters. The second-order valence-corrected chi connectivity index (χ2v) is 10.5. The smallest absolute Gasteiger partial charge is 0.387 e. The van der Waals surface area contributed by atoms with Crippen LogP contribution in [0.2, 0.25) is 0 Å². The number of hydrogen-bond donors (Lipinski definition) is 4. The molecule has 0 spiro atoms. The zero-order valence-corrected chi connectivity index (χ0v) is 21.9. The summed E-state index contributed by atoms with van der Waals surface area (Å²) in [5.74, 6) is -0.393. The lowest BCUT2D eigenvalue weighted by Crippen LogP contribution is -2.47. The Bertz CT molecular complexity index is 1620. The largest absolute Gasteiger partial charge is 0.434 e. The fourth-order valence-corrected chi connectivity index (χ4v) is 5.75. The van der Waals surface area contributed by atoms with Gasteiger partial charge in [-0.1, -0.05) is 12.1 Å². The highest BCUT2D eigenvalue weighted by Gasteiger charge is 2.45. The zero-order valence-electron chi connectivity index (χ0n) is 21.9. The van der Waals surface area contributed by atoms with E-state index in [-0.39, 0.29) is 23.3 Å². The fourth-order valence-electron chi connectivity index (χ4n) is 5.75. The van der Waals surface area contributed by atoms with Crippen LogP contribution in [0.1, 0.15) is 70.6 Å². The third kappa shape index (κ3) is 4.63. The van der Waals surface area contributed by atoms with E-state index >= 15 is 0 Å². The number of halogens is 2. The zero-order chi connectivity index (χ0) is 29.1. The Labute approximate surface area is 232 Å². The van der Waals surface area contributed by atoms with Crippen molar-refractivity contribution in [1.29, 1.82) is 0 Å². The monoisotopic (exact) mass is 567 g/mol. The molecule has 0 amide bonds. The molecule has 5 N–H and O–H groups in total. The minimum absolute atomic E-state index is 0.0621. The molecule has 2 aliphatic rings. The van der Waals surface area contributed by atoms with Crippen LogP contribution in [0.25, 0.3) is 16.8 Å². The predicted octanol–water partition coefficient (Wildman–Crippen LogP) is 2.03. The Morgan fingerprint density at radius 3 is 2.54 bits per heavy atom. The summed E-state index contributed by atoms with van der Waals surface area (Å²) < 4.78 is 33.0. The molecule has 2 aliphatic carbocycles. The van der Waals surface area contributed by atoms with Gasteiger partial charge in [-0.3, -0.25) is 4.79 Å². The standard InChI is InChI=1S/C27H27F2N7O5/c1-35(27(38,39)40)19-8-16(21-14(12-37)4-2-5-20(21)41-25(28)29)22-18-9-17(33-13-36(18)34-23(19)22)15-10-31-24(32-11-15)26(30)6-3-7-26/h2,4-5,9-13,16,19,25,38-40H,3,6-8,30H2,1H3. The molecule has 1 fully saturated rings. The summed E-state index contributed by atoms with van der Waals surface area (Å²) in [6.07, 6.45) is 4.76. The molecule has 0 saturated heterocycles. The molecule has 12 nitrogen and oxygen atoms in total. The van der Waals surface area contributed by atoms with Crippen molar-refractivity contribution in [3.05, 3.63) is 71.2 Å². The van der Waals surface area contributed by atoms with Gasteiger partial charge < -0.3 is 25.8 Å². The number of aliphatic hydroxyl groups is 3. The number of alkyl halides is 2. The highest BCUT2D eigenvalue weighted by atomic mass is 19.3. The van der Waals surface area contributed by atoms with E-state index in [1.807, 2.05) is 0 Å². The first-order valence-electron chi connectivity index (χ1n) is 12.9. The van der Waals surface area contributed by atoms with Gasteiger partial charge >= 0.3 is 12.7 Å². The molecule has 0 bridgehead atoms. The molecule has 2 unspecified atom stereocenters. The number of carbonyl (C=O) groups excluding carboxylic acids is 1. The highest BCUT2D eigenvalue weighted by Crippen LogP contribution is 2.51. The molecule has 0 radical (unpaired) electrons. The number of nitrogens with zero attached hydrogens (tertiary/aromatic N) is 6. The average molecular weight is 568 g/mol. The number of carbonyl (C=O) groups is 1. The molecule has 41 heavy (non-hydrogen) atoms. The molecule has 1 saturated carbocycles. The first-order chi connectivity index (χ1) is 19.5. The Morgan fingerprint density at radius 2 is 1.93 bits per heavy atom. The first-order valence-corrected chi connectivity index (χ1v) is 12.9. The first kappa shape index (κ1) is 27.2. The number of aromatic nitrogens is 5. The Balaban J connectivity index is 1.50. The van der Waals surface area contributed by atoms with Crippen LogP contribution in [0, 0.1) is 0 Å². The van der Waals surface area contributed by atoms with Crippen molar-refractivity contribution in [3.8, 4) is 17.0 Å². The quantitative estimate of drug-likeness (QED) is 0.181. The van der Waals surface area contributed by atoms with Crippen LogP contribution in [0.4, 0.5) is 8.78 Å². The molecule has 214 valence electrons. The van der Waals surface area contributed by atoms with Gasteiger partial charge in [0.15, 0.2) is 0 Å². The number of nitrogens with two attached hydrogens (primary N) is 1. The van der Waals surface area contributed by atoms with Gasteiger partial charge in [0, 0.05) is 40.6 Å². The van der Waals surface area contributed by atoms with E-state index in [0.717, 1.165) is 24.2 Å². The predicted molar refractivity (Wildman–Crippen MR) is 139 cm³/mol. The van der Waals surface area contributed by atoms with E-state index in [0.29, 0.717) is 40.1 Å². The summed E-state index contributed by atoms with van der Waals surface area (Å²) in [5.41, 5.74) is 8.61. The third-order valence-electron chi connectivity index (χ3n) is 8.09. The van der Waals surface area contributed by atoms with Crippen LogP contribution < -0.4 is 10.5 Å². The van der Waals surface area contributed by atoms with Gasteiger partial charge in [0.25, 0.3) is 0 Å². The topological polar surface area (TPSA) is 172 Å². The summed E-state index contributed by atoms with van der Waals surface area (Å²) in [4.78, 5) is 26.3. The van der Waals surface area contributed by atoms with Crippen LogP contribution in [0.15, 0.2) is 43.0 Å². The van der Waals surface area contributed by atoms with E-state index in [4.69, 9.17) is 10.5 Å². The SMILES string of the molecule is CN(C1CC(c2c(C=O)cccc2OC(F)F)c2c1nn1cnc(-c3cnc(C4(N)CCC4)nc3)cc21)C(O)(O)O. The van der Waals surface area contributed by atoms with Crippen molar-refractivity contribution in [2.45, 2.75) is 55.9 Å². The average Bonchev–Trinajstić information content (AvgIpc) is 3.47. The van der Waals surface area contributed by atoms with Gasteiger partial charge in [0.05, 0.1) is 28.5 Å². The molecule has 1 aromatic carbocycles. The van der Waals surface area contributed by atoms with E-state index in [2.05, 4.69) is 20.1 Å². The lowest BCUT2D eigenvalue weighted by atomic mass is 9.77. The van der Waals surface area contributed by atoms with Gasteiger partial charge in [-0.15, -0.1) is 0 Å². The second kappa shape index (κ2) is 9.85. The molecule has 4 aromatic rings. The van der Waals surface area contributed by atoms with Crippen LogP contribution in [-0.4, -0.2) is 70.8 Å². The fraction of sp³-hybridized carbons (Fsp3) is 0.370. The Kier molecular flexibility index (Phi) is 6.54. The van der Waals surface area contributed by atoms with Gasteiger partial charge in [-0.2, -0.15) is 13.9 Å². The molecule has 3 aromatic heterocycles. The number of aldehydes is 1. The number of rotatable bonds is 8. The van der Waals surface area contributed by atoms with E-state index < -0.39 is 30.2 Å². The number of benzene rings is 1. The van der Waals surface area contributed by atoms with Crippen LogP contribution in [0.5, 0.6) is 5.75 Å². The highest BCUT2D eigenvalue weighted by molar-refractivity contribution is 5.81. The van der Waals surface area contributed by atoms with Gasteiger partial charge in [-0.25, -0.2) is 24.4 Å². The van der Waals surface area contributed by atoms with Crippen LogP contribution >= 0.6 is 0 Å². The number of hydrogen-bond acceptors (Lipinski definition) is 11. The van der Waals surface area contributed by atoms with E-state index in [1.54, 1.807) is 18.5 Å². The molecule has 14 heteroatoms. The Morgan fingerprint density at radius 1 is 1.20 bits per heavy atom. The van der Waals surface area contributed by atoms with Crippen molar-refractivity contribution in [2.75, 3.05) is 7.05 Å². The molecule has 3 heterocycles. The molecule has 6 rings (SSSR count). The maximum atomic E-state index is 13.4. The molecular formula is C27H27F2N7O5. The lowest BCUT2D eigenvalue weighted by Gasteiger charge is -2.36. The summed E-state index contributed by atoms with van der Waals surface area (Å²) >= 11 is 0. The van der Waals surface area contributed by atoms with Gasteiger partial charge in [-0.05, 0) is 44.9 Å². The van der Waals surface area contributed by atoms with Crippen molar-refractivity contribution in [3.63, 3.8) is 0 Å². The third-order valence-corrected chi connectivity index (χ3v) is 8.09. The Hall–Kier alpha value is -3.95. The van der Waals surface area contributed by atoms with E-state index in [1.165, 1.54) is 36.1 Å².